The van der Waals surface area contributed by atoms with Gasteiger partial charge in [-0.25, -0.2) is 13.6 Å². The summed E-state index contributed by atoms with van der Waals surface area (Å²) in [6.45, 7) is 3.59. The molecule has 162 valence electrons. The van der Waals surface area contributed by atoms with E-state index < -0.39 is 20.8 Å². The number of thioether (sulfide) groups is 1. The van der Waals surface area contributed by atoms with Crippen LogP contribution < -0.4 is 21.7 Å². The molecule has 0 radical (unpaired) electrons. The Hall–Kier alpha value is -3.15. The van der Waals surface area contributed by atoms with E-state index in [1.807, 2.05) is 31.2 Å². The second-order valence-electron chi connectivity index (χ2n) is 6.79. The average molecular weight is 460 g/mol. The molecule has 3 aromatic rings. The third-order valence-electron chi connectivity index (χ3n) is 4.29. The van der Waals surface area contributed by atoms with Crippen molar-refractivity contribution in [3.8, 4) is 5.69 Å². The molecular weight excluding hydrogens is 438 g/mol. The maximum absolute atomic E-state index is 12.6. The molecule has 0 spiro atoms. The fourth-order valence-corrected chi connectivity index (χ4v) is 4.22. The molecule has 9 nitrogen and oxygen atoms in total. The molecule has 1 heterocycles. The number of nitrogens with one attached hydrogen (secondary N) is 1. The van der Waals surface area contributed by atoms with Crippen molar-refractivity contribution in [3.63, 3.8) is 0 Å². The number of hydrogen-bond acceptors (Lipinski definition) is 7. The van der Waals surface area contributed by atoms with Crippen molar-refractivity contribution in [3.05, 3.63) is 70.5 Å². The van der Waals surface area contributed by atoms with Gasteiger partial charge in [-0.15, -0.1) is 0 Å². The summed E-state index contributed by atoms with van der Waals surface area (Å²) in [5.41, 5.74) is 7.70. The molecule has 0 bridgehead atoms. The van der Waals surface area contributed by atoms with Crippen LogP contribution in [-0.2, 0) is 14.8 Å². The Bertz CT molecular complexity index is 1290. The molecule has 0 aliphatic heterocycles. The first kappa shape index (κ1) is 22.5. The number of nitrogens with two attached hydrogens (primary N) is 2. The third kappa shape index (κ3) is 5.51. The molecule has 0 saturated heterocycles. The lowest BCUT2D eigenvalue weighted by molar-refractivity contribution is -0.115. The summed E-state index contributed by atoms with van der Waals surface area (Å²) >= 11 is 1.08. The molecule has 11 heteroatoms. The van der Waals surface area contributed by atoms with Gasteiger partial charge >= 0.3 is 0 Å². The van der Waals surface area contributed by atoms with Gasteiger partial charge in [0.2, 0.25) is 15.9 Å². The number of primary sulfonamides is 1. The lowest BCUT2D eigenvalue weighted by Gasteiger charge is -2.18. The molecule has 2 aromatic carbocycles. The molecular formula is C20H21N5O4S2. The predicted molar refractivity (Wildman–Crippen MR) is 121 cm³/mol. The Labute approximate surface area is 183 Å². The van der Waals surface area contributed by atoms with Gasteiger partial charge in [-0.3, -0.25) is 14.2 Å². The summed E-state index contributed by atoms with van der Waals surface area (Å²) in [7, 11) is -3.82. The molecule has 5 N–H and O–H groups in total. The van der Waals surface area contributed by atoms with Crippen molar-refractivity contribution in [1.29, 1.82) is 0 Å². The quantitative estimate of drug-likeness (QED) is 0.376. The summed E-state index contributed by atoms with van der Waals surface area (Å²) in [5.74, 6) is -0.153. The number of carbonyl (C=O) groups is 1. The Kier molecular flexibility index (Phi) is 6.48. The van der Waals surface area contributed by atoms with E-state index in [1.54, 1.807) is 11.5 Å². The number of anilines is 2. The maximum Gasteiger partial charge on any atom is 0.275 e. The minimum absolute atomic E-state index is 0.0564. The van der Waals surface area contributed by atoms with Crippen LogP contribution in [-0.4, -0.2) is 29.1 Å². The lowest BCUT2D eigenvalue weighted by Crippen LogP contribution is -2.24. The number of aromatic nitrogens is 2. The highest BCUT2D eigenvalue weighted by atomic mass is 32.2. The number of rotatable bonds is 6. The summed E-state index contributed by atoms with van der Waals surface area (Å²) in [6.07, 6.45) is 0. The highest BCUT2D eigenvalue weighted by Crippen LogP contribution is 2.27. The Morgan fingerprint density at radius 3 is 2.45 bits per heavy atom. The van der Waals surface area contributed by atoms with Crippen molar-refractivity contribution in [1.82, 2.24) is 9.55 Å². The van der Waals surface area contributed by atoms with Gasteiger partial charge in [0.25, 0.3) is 5.56 Å². The van der Waals surface area contributed by atoms with Crippen LogP contribution in [0.15, 0.2) is 69.4 Å². The van der Waals surface area contributed by atoms with Crippen LogP contribution in [0.2, 0.25) is 0 Å². The number of carbonyl (C=O) groups excluding carboxylic acids is 1. The highest BCUT2D eigenvalue weighted by Gasteiger charge is 2.20. The zero-order valence-corrected chi connectivity index (χ0v) is 18.4. The van der Waals surface area contributed by atoms with Gasteiger partial charge in [0.1, 0.15) is 5.82 Å². The molecule has 0 aliphatic rings. The summed E-state index contributed by atoms with van der Waals surface area (Å²) in [5, 5.41) is 7.41. The SMILES string of the molecule is Cc1cccc(-n2c(N)cc(=O)nc2S[C@H](C)C(=O)Nc2ccc(S(N)(=O)=O)cc2)c1. The summed E-state index contributed by atoms with van der Waals surface area (Å²) in [6, 6.07) is 14.2. The molecule has 31 heavy (non-hydrogen) atoms. The highest BCUT2D eigenvalue weighted by molar-refractivity contribution is 8.00. The maximum atomic E-state index is 12.6. The van der Waals surface area contributed by atoms with E-state index in [4.69, 9.17) is 10.9 Å². The fourth-order valence-electron chi connectivity index (χ4n) is 2.77. The topological polar surface area (TPSA) is 150 Å². The monoisotopic (exact) mass is 459 g/mol. The number of nitrogens with zero attached hydrogens (tertiary/aromatic N) is 2. The van der Waals surface area contributed by atoms with E-state index in [0.29, 0.717) is 5.69 Å². The number of hydrogen-bond donors (Lipinski definition) is 3. The predicted octanol–water partition coefficient (Wildman–Crippen LogP) is 1.89. The van der Waals surface area contributed by atoms with Gasteiger partial charge in [-0.2, -0.15) is 4.98 Å². The number of sulfonamides is 1. The van der Waals surface area contributed by atoms with E-state index in [1.165, 1.54) is 30.3 Å². The van der Waals surface area contributed by atoms with Crippen LogP contribution in [0.4, 0.5) is 11.5 Å². The molecule has 0 fully saturated rings. The van der Waals surface area contributed by atoms with Crippen LogP contribution in [0, 0.1) is 6.92 Å². The number of amides is 1. The Morgan fingerprint density at radius 2 is 1.84 bits per heavy atom. The van der Waals surface area contributed by atoms with Crippen LogP contribution in [0.5, 0.6) is 0 Å². The standard InChI is InChI=1S/C20H21N5O4S2/c1-12-4-3-5-15(10-12)25-17(21)11-18(26)24-20(25)30-13(2)19(27)23-14-6-8-16(9-7-14)31(22,28)29/h3-11,13H,21H2,1-2H3,(H,23,27)(H2,22,28,29)/t13-/m1/s1. The molecule has 0 saturated carbocycles. The van der Waals surface area contributed by atoms with Crippen LogP contribution in [0.3, 0.4) is 0 Å². The zero-order chi connectivity index (χ0) is 22.8. The van der Waals surface area contributed by atoms with Crippen molar-refractivity contribution in [2.75, 3.05) is 11.1 Å². The second kappa shape index (κ2) is 8.92. The first-order chi connectivity index (χ1) is 14.5. The summed E-state index contributed by atoms with van der Waals surface area (Å²) < 4.78 is 24.3. The van der Waals surface area contributed by atoms with Gasteiger partial charge in [-0.05, 0) is 55.8 Å². The lowest BCUT2D eigenvalue weighted by atomic mass is 10.2. The number of aryl methyl sites for hydroxylation is 1. The van der Waals surface area contributed by atoms with E-state index in [9.17, 15) is 18.0 Å². The van der Waals surface area contributed by atoms with Crippen LogP contribution in [0.1, 0.15) is 12.5 Å². The Balaban J connectivity index is 1.83. The molecule has 1 aromatic heterocycles. The smallest absolute Gasteiger partial charge is 0.275 e. The second-order valence-corrected chi connectivity index (χ2v) is 9.66. The largest absolute Gasteiger partial charge is 0.385 e. The molecule has 3 rings (SSSR count). The first-order valence-electron chi connectivity index (χ1n) is 9.11. The Morgan fingerprint density at radius 1 is 1.16 bits per heavy atom. The molecule has 0 aliphatic carbocycles. The van der Waals surface area contributed by atoms with Crippen molar-refractivity contribution < 1.29 is 13.2 Å². The van der Waals surface area contributed by atoms with Gasteiger partial charge in [0, 0.05) is 17.4 Å². The van der Waals surface area contributed by atoms with E-state index in [2.05, 4.69) is 10.3 Å². The van der Waals surface area contributed by atoms with Crippen LogP contribution >= 0.6 is 11.8 Å². The average Bonchev–Trinajstić information content (AvgIpc) is 2.67. The molecule has 1 amide bonds. The van der Waals surface area contributed by atoms with E-state index >= 15 is 0 Å². The van der Waals surface area contributed by atoms with Gasteiger partial charge in [0.05, 0.1) is 10.1 Å². The first-order valence-corrected chi connectivity index (χ1v) is 11.5. The summed E-state index contributed by atoms with van der Waals surface area (Å²) in [4.78, 5) is 28.6. The number of nitrogen functional groups attached to an aromatic ring is 1. The van der Waals surface area contributed by atoms with Crippen molar-refractivity contribution >= 4 is 39.2 Å². The van der Waals surface area contributed by atoms with E-state index in [-0.39, 0.29) is 21.8 Å². The van der Waals surface area contributed by atoms with Crippen molar-refractivity contribution in [2.45, 2.75) is 29.1 Å². The van der Waals surface area contributed by atoms with E-state index in [0.717, 1.165) is 23.0 Å². The van der Waals surface area contributed by atoms with Crippen molar-refractivity contribution in [2.24, 2.45) is 5.14 Å². The third-order valence-corrected chi connectivity index (χ3v) is 6.27. The molecule has 1 atom stereocenters. The van der Waals surface area contributed by atoms with Gasteiger partial charge in [0.15, 0.2) is 5.16 Å². The minimum Gasteiger partial charge on any atom is -0.385 e. The normalized spacial score (nSPS) is 12.4. The fraction of sp³-hybridized carbons (Fsp3) is 0.150. The molecule has 0 unspecified atom stereocenters. The zero-order valence-electron chi connectivity index (χ0n) is 16.8. The minimum atomic E-state index is -3.82. The van der Waals surface area contributed by atoms with Gasteiger partial charge in [-0.1, -0.05) is 23.9 Å². The number of benzene rings is 2. The van der Waals surface area contributed by atoms with Gasteiger partial charge < -0.3 is 11.1 Å². The van der Waals surface area contributed by atoms with Crippen LogP contribution in [0.25, 0.3) is 5.69 Å².